The van der Waals surface area contributed by atoms with Gasteiger partial charge < -0.3 is 19.3 Å². The van der Waals surface area contributed by atoms with Crippen LogP contribution in [-0.4, -0.2) is 60.2 Å². The summed E-state index contributed by atoms with van der Waals surface area (Å²) in [6, 6.07) is 4.77. The van der Waals surface area contributed by atoms with Gasteiger partial charge in [-0.1, -0.05) is 11.6 Å². The van der Waals surface area contributed by atoms with Crippen LogP contribution in [0.4, 0.5) is 0 Å². The van der Waals surface area contributed by atoms with Gasteiger partial charge in [-0.3, -0.25) is 9.59 Å². The molecule has 1 aromatic carbocycles. The van der Waals surface area contributed by atoms with Gasteiger partial charge in [0, 0.05) is 25.1 Å². The van der Waals surface area contributed by atoms with Gasteiger partial charge >= 0.3 is 0 Å². The van der Waals surface area contributed by atoms with Gasteiger partial charge in [0.15, 0.2) is 5.72 Å². The highest BCUT2D eigenvalue weighted by molar-refractivity contribution is 6.32. The van der Waals surface area contributed by atoms with Crippen LogP contribution in [0.5, 0.6) is 5.75 Å². The second-order valence-electron chi connectivity index (χ2n) is 6.06. The van der Waals surface area contributed by atoms with Crippen molar-refractivity contribution in [3.05, 3.63) is 28.8 Å². The zero-order valence-corrected chi connectivity index (χ0v) is 13.5. The van der Waals surface area contributed by atoms with Crippen molar-refractivity contribution in [2.24, 2.45) is 0 Å². The number of rotatable bonds is 2. The molecule has 2 amide bonds. The van der Waals surface area contributed by atoms with Crippen LogP contribution in [-0.2, 0) is 9.53 Å². The first-order valence-corrected chi connectivity index (χ1v) is 8.03. The minimum absolute atomic E-state index is 0.0674. The Kier molecular flexibility index (Phi) is 3.28. The number of likely N-dealkylation sites (tertiary alicyclic amines) is 1. The molecule has 0 aliphatic carbocycles. The number of hydrogen-bond donors (Lipinski definition) is 0. The van der Waals surface area contributed by atoms with Crippen LogP contribution in [0.1, 0.15) is 23.2 Å². The molecule has 4 rings (SSSR count). The number of carbonyl (C=O) groups excluding carboxylic acids is 2. The third-order valence-corrected chi connectivity index (χ3v) is 5.36. The number of benzene rings is 1. The second kappa shape index (κ2) is 5.11. The number of hydrogen-bond acceptors (Lipinski definition) is 4. The van der Waals surface area contributed by atoms with Gasteiger partial charge in [0.1, 0.15) is 5.75 Å². The van der Waals surface area contributed by atoms with E-state index in [4.69, 9.17) is 21.1 Å². The Labute approximate surface area is 138 Å². The smallest absolute Gasteiger partial charge is 0.254 e. The average Bonchev–Trinajstić information content (AvgIpc) is 3.18. The standard InChI is InChI=1S/C16H17ClN2O4/c1-22-12-3-2-10(8-11(12)17)15(21)18-5-4-16-13(18)9-14(20)19(16)6-7-23-16/h2-3,8,13H,4-7,9H2,1H3/t13-,16+/m1/s1. The van der Waals surface area contributed by atoms with Crippen LogP contribution in [0, 0.1) is 0 Å². The molecule has 0 unspecified atom stereocenters. The van der Waals surface area contributed by atoms with Crippen molar-refractivity contribution >= 4 is 23.4 Å². The molecule has 0 saturated carbocycles. The van der Waals surface area contributed by atoms with E-state index in [2.05, 4.69) is 0 Å². The second-order valence-corrected chi connectivity index (χ2v) is 6.46. The molecule has 1 aromatic rings. The SMILES string of the molecule is COc1ccc(C(=O)N2CC[C@@]34OCCN3C(=O)C[C@@H]24)cc1Cl. The highest BCUT2D eigenvalue weighted by Gasteiger charge is 2.62. The summed E-state index contributed by atoms with van der Waals surface area (Å²) in [5, 5.41) is 0.397. The van der Waals surface area contributed by atoms with Crippen LogP contribution < -0.4 is 4.74 Å². The molecule has 3 fully saturated rings. The van der Waals surface area contributed by atoms with Gasteiger partial charge in [0.05, 0.1) is 31.2 Å². The minimum atomic E-state index is -0.608. The number of carbonyl (C=O) groups is 2. The Balaban J connectivity index is 1.63. The lowest BCUT2D eigenvalue weighted by molar-refractivity contribution is -0.136. The van der Waals surface area contributed by atoms with Crippen molar-refractivity contribution < 1.29 is 19.1 Å². The van der Waals surface area contributed by atoms with Crippen LogP contribution in [0.15, 0.2) is 18.2 Å². The normalized spacial score (nSPS) is 29.0. The molecule has 0 radical (unpaired) electrons. The molecule has 3 aliphatic heterocycles. The van der Waals surface area contributed by atoms with E-state index in [1.165, 1.54) is 7.11 Å². The Morgan fingerprint density at radius 3 is 3.00 bits per heavy atom. The first kappa shape index (κ1) is 14.8. The summed E-state index contributed by atoms with van der Waals surface area (Å²) in [4.78, 5) is 28.6. The fourth-order valence-electron chi connectivity index (χ4n) is 4.00. The van der Waals surface area contributed by atoms with Crippen molar-refractivity contribution in [2.75, 3.05) is 26.8 Å². The predicted octanol–water partition coefficient (Wildman–Crippen LogP) is 1.52. The van der Waals surface area contributed by atoms with Crippen LogP contribution >= 0.6 is 11.6 Å². The summed E-state index contributed by atoms with van der Waals surface area (Å²) >= 11 is 6.12. The minimum Gasteiger partial charge on any atom is -0.495 e. The molecule has 2 atom stereocenters. The van der Waals surface area contributed by atoms with Gasteiger partial charge in [-0.25, -0.2) is 0 Å². The Morgan fingerprint density at radius 2 is 2.26 bits per heavy atom. The van der Waals surface area contributed by atoms with E-state index in [-0.39, 0.29) is 17.9 Å². The van der Waals surface area contributed by atoms with E-state index in [1.54, 1.807) is 28.0 Å². The van der Waals surface area contributed by atoms with E-state index >= 15 is 0 Å². The summed E-state index contributed by atoms with van der Waals surface area (Å²) in [6.07, 6.45) is 0.995. The Morgan fingerprint density at radius 1 is 1.43 bits per heavy atom. The van der Waals surface area contributed by atoms with E-state index in [0.29, 0.717) is 48.9 Å². The summed E-state index contributed by atoms with van der Waals surface area (Å²) < 4.78 is 11.0. The van der Waals surface area contributed by atoms with Crippen LogP contribution in [0.3, 0.4) is 0 Å². The molecule has 122 valence electrons. The largest absolute Gasteiger partial charge is 0.495 e. The zero-order valence-electron chi connectivity index (χ0n) is 12.8. The fraction of sp³-hybridized carbons (Fsp3) is 0.500. The van der Waals surface area contributed by atoms with Crippen molar-refractivity contribution in [3.8, 4) is 5.75 Å². The molecular formula is C16H17ClN2O4. The summed E-state index contributed by atoms with van der Waals surface area (Å²) in [6.45, 7) is 1.74. The Bertz CT molecular complexity index is 695. The van der Waals surface area contributed by atoms with Crippen LogP contribution in [0.2, 0.25) is 5.02 Å². The quantitative estimate of drug-likeness (QED) is 0.821. The van der Waals surface area contributed by atoms with Gasteiger partial charge in [-0.05, 0) is 18.2 Å². The summed E-state index contributed by atoms with van der Waals surface area (Å²) in [5.74, 6) is 0.474. The van der Waals surface area contributed by atoms with Gasteiger partial charge in [-0.2, -0.15) is 0 Å². The van der Waals surface area contributed by atoms with E-state index in [0.717, 1.165) is 0 Å². The van der Waals surface area contributed by atoms with Gasteiger partial charge in [0.2, 0.25) is 5.91 Å². The number of halogens is 1. The maximum Gasteiger partial charge on any atom is 0.254 e. The van der Waals surface area contributed by atoms with E-state index in [9.17, 15) is 9.59 Å². The fourth-order valence-corrected chi connectivity index (χ4v) is 4.26. The molecule has 7 heteroatoms. The molecule has 3 heterocycles. The molecule has 3 saturated heterocycles. The lowest BCUT2D eigenvalue weighted by Gasteiger charge is -2.31. The summed E-state index contributed by atoms with van der Waals surface area (Å²) in [7, 11) is 1.53. The molecule has 1 spiro atoms. The molecule has 6 nitrogen and oxygen atoms in total. The first-order valence-electron chi connectivity index (χ1n) is 7.66. The van der Waals surface area contributed by atoms with Crippen molar-refractivity contribution in [3.63, 3.8) is 0 Å². The highest BCUT2D eigenvalue weighted by atomic mass is 35.5. The van der Waals surface area contributed by atoms with E-state index in [1.807, 2.05) is 0 Å². The Hall–Kier alpha value is -1.79. The monoisotopic (exact) mass is 336 g/mol. The van der Waals surface area contributed by atoms with Crippen molar-refractivity contribution in [1.29, 1.82) is 0 Å². The molecule has 0 aromatic heterocycles. The number of ether oxygens (including phenoxy) is 2. The number of nitrogens with zero attached hydrogens (tertiary/aromatic N) is 2. The topological polar surface area (TPSA) is 59.1 Å². The van der Waals surface area contributed by atoms with Gasteiger partial charge in [0.25, 0.3) is 5.91 Å². The van der Waals surface area contributed by atoms with Gasteiger partial charge in [-0.15, -0.1) is 0 Å². The molecule has 3 aliphatic rings. The lowest BCUT2D eigenvalue weighted by Crippen LogP contribution is -2.48. The zero-order chi connectivity index (χ0) is 16.2. The maximum atomic E-state index is 12.9. The first-order chi connectivity index (χ1) is 11.1. The molecule has 0 bridgehead atoms. The summed E-state index contributed by atoms with van der Waals surface area (Å²) in [5.41, 5.74) is -0.111. The number of methoxy groups -OCH3 is 1. The van der Waals surface area contributed by atoms with Crippen LogP contribution in [0.25, 0.3) is 0 Å². The van der Waals surface area contributed by atoms with Crippen molar-refractivity contribution in [1.82, 2.24) is 9.80 Å². The lowest BCUT2D eigenvalue weighted by atomic mass is 10.1. The maximum absolute atomic E-state index is 12.9. The molecule has 23 heavy (non-hydrogen) atoms. The highest BCUT2D eigenvalue weighted by Crippen LogP contribution is 2.46. The third kappa shape index (κ3) is 1.98. The van der Waals surface area contributed by atoms with Crippen molar-refractivity contribution in [2.45, 2.75) is 24.6 Å². The number of amides is 2. The third-order valence-electron chi connectivity index (χ3n) is 5.06. The average molecular weight is 337 g/mol. The molecule has 0 N–H and O–H groups in total. The predicted molar refractivity (Wildman–Crippen MR) is 82.5 cm³/mol. The van der Waals surface area contributed by atoms with E-state index < -0.39 is 5.72 Å². The molecular weight excluding hydrogens is 320 g/mol.